The Hall–Kier alpha value is -2.62. The summed E-state index contributed by atoms with van der Waals surface area (Å²) < 4.78 is 0. The molecule has 3 N–H and O–H groups in total. The highest BCUT2D eigenvalue weighted by atomic mass is 16.1. The zero-order valence-electron chi connectivity index (χ0n) is 9.61. The molecule has 0 saturated heterocycles. The van der Waals surface area contributed by atoms with Crippen LogP contribution in [0.15, 0.2) is 28.9 Å². The first-order valence-electron chi connectivity index (χ1n) is 4.79. The number of nitrogens with two attached hydrogens (primary N) is 1. The molecule has 0 unspecified atom stereocenters. The Bertz CT molecular complexity index is 506. The molecule has 5 heteroatoms. The molecule has 0 rings (SSSR count). The molecule has 0 bridgehead atoms. The molecule has 0 saturated carbocycles. The van der Waals surface area contributed by atoms with E-state index in [1.54, 1.807) is 6.07 Å². The van der Waals surface area contributed by atoms with Crippen molar-refractivity contribution in [1.29, 1.82) is 15.9 Å². The van der Waals surface area contributed by atoms with Gasteiger partial charge in [0, 0.05) is 0 Å². The first kappa shape index (κ1) is 14.4. The van der Waals surface area contributed by atoms with Crippen LogP contribution in [0.3, 0.4) is 0 Å². The van der Waals surface area contributed by atoms with Crippen LogP contribution in [0, 0.1) is 34.0 Å². The summed E-state index contributed by atoms with van der Waals surface area (Å²) in [5.41, 5.74) is 5.36. The molecular weight excluding hydrogens is 216 g/mol. The van der Waals surface area contributed by atoms with Gasteiger partial charge in [-0.3, -0.25) is 10.2 Å². The Morgan fingerprint density at radius 1 is 1.29 bits per heavy atom. The number of nitrogens with one attached hydrogen (secondary N) is 1. The lowest BCUT2D eigenvalue weighted by Crippen LogP contribution is -2.12. The maximum Gasteiger partial charge on any atom is 0.259 e. The fourth-order valence-corrected chi connectivity index (χ4v) is 1.08. The molecule has 0 heterocycles. The summed E-state index contributed by atoms with van der Waals surface area (Å²) in [6.07, 6.45) is 2.68. The minimum absolute atomic E-state index is 0.0356. The minimum atomic E-state index is -0.829. The number of hydrogen-bond acceptors (Lipinski definition) is 4. The average Bonchev–Trinajstić information content (AvgIpc) is 2.27. The van der Waals surface area contributed by atoms with Gasteiger partial charge in [-0.2, -0.15) is 10.5 Å². The molecule has 5 nitrogen and oxygen atoms in total. The second kappa shape index (κ2) is 6.79. The molecule has 0 aliphatic carbocycles. The van der Waals surface area contributed by atoms with E-state index in [1.807, 2.05) is 25.8 Å². The first-order chi connectivity index (χ1) is 7.97. The van der Waals surface area contributed by atoms with Crippen molar-refractivity contribution in [3.8, 4) is 12.1 Å². The molecule has 0 aliphatic heterocycles. The lowest BCUT2D eigenvalue weighted by molar-refractivity contribution is -0.114. The van der Waals surface area contributed by atoms with Crippen molar-refractivity contribution in [2.75, 3.05) is 0 Å². The summed E-state index contributed by atoms with van der Waals surface area (Å²) in [6.45, 7) is 3.65. The van der Waals surface area contributed by atoms with E-state index in [0.717, 1.165) is 0 Å². The molecule has 0 fully saturated rings. The zero-order valence-corrected chi connectivity index (χ0v) is 9.61. The van der Waals surface area contributed by atoms with Gasteiger partial charge in [-0.05, 0) is 23.4 Å². The number of carbonyl (C=O) groups excluding carboxylic acids is 1. The summed E-state index contributed by atoms with van der Waals surface area (Å²) in [6, 6.07) is 3.48. The standard InChI is InChI=1S/C12H12N4O/c1-8(2)11(10(6-14)7-15)4-3-9(5-13)12(16)17/h3-4,8,14H,1-2H3,(H2,16,17)/b9-3-,11-4+. The molecule has 0 atom stereocenters. The van der Waals surface area contributed by atoms with Gasteiger partial charge in [0.25, 0.3) is 5.91 Å². The van der Waals surface area contributed by atoms with Crippen LogP contribution in [0.25, 0.3) is 0 Å². The molecule has 0 aliphatic rings. The molecule has 17 heavy (non-hydrogen) atoms. The summed E-state index contributed by atoms with van der Waals surface area (Å²) in [4.78, 5) is 10.8. The first-order valence-corrected chi connectivity index (χ1v) is 4.79. The van der Waals surface area contributed by atoms with Gasteiger partial charge in [0.2, 0.25) is 0 Å². The zero-order chi connectivity index (χ0) is 13.4. The van der Waals surface area contributed by atoms with Crippen molar-refractivity contribution in [1.82, 2.24) is 0 Å². The highest BCUT2D eigenvalue weighted by molar-refractivity contribution is 5.96. The molecule has 0 aromatic carbocycles. The lowest BCUT2D eigenvalue weighted by Gasteiger charge is -2.06. The number of rotatable bonds is 4. The Kier molecular flexibility index (Phi) is 5.74. The van der Waals surface area contributed by atoms with Crippen LogP contribution in [0.4, 0.5) is 0 Å². The monoisotopic (exact) mass is 228 g/mol. The third-order valence-electron chi connectivity index (χ3n) is 1.96. The SMILES string of the molecule is CC(C)/C(=C\C=C(\C#N)C(N)=O)C(=C=N)C#N. The van der Waals surface area contributed by atoms with E-state index < -0.39 is 5.91 Å². The van der Waals surface area contributed by atoms with Crippen molar-refractivity contribution >= 4 is 11.8 Å². The third-order valence-corrected chi connectivity index (χ3v) is 1.96. The highest BCUT2D eigenvalue weighted by Crippen LogP contribution is 2.17. The number of carbonyl (C=O) groups is 1. The molecule has 0 aromatic heterocycles. The lowest BCUT2D eigenvalue weighted by atomic mass is 9.96. The summed E-state index contributed by atoms with van der Waals surface area (Å²) in [5.74, 6) is 1.15. The van der Waals surface area contributed by atoms with Crippen LogP contribution in [0.5, 0.6) is 0 Å². The Morgan fingerprint density at radius 3 is 2.18 bits per heavy atom. The van der Waals surface area contributed by atoms with Gasteiger partial charge in [-0.1, -0.05) is 19.9 Å². The molecule has 0 spiro atoms. The van der Waals surface area contributed by atoms with E-state index in [4.69, 9.17) is 21.7 Å². The van der Waals surface area contributed by atoms with Crippen molar-refractivity contribution in [3.63, 3.8) is 0 Å². The number of hydrogen-bond donors (Lipinski definition) is 2. The number of allylic oxidation sites excluding steroid dienone is 4. The van der Waals surface area contributed by atoms with Crippen LogP contribution in [0.2, 0.25) is 0 Å². The highest BCUT2D eigenvalue weighted by Gasteiger charge is 2.09. The van der Waals surface area contributed by atoms with Gasteiger partial charge in [0.05, 0.1) is 0 Å². The molecule has 86 valence electrons. The second-order valence-corrected chi connectivity index (χ2v) is 3.44. The third kappa shape index (κ3) is 4.17. The van der Waals surface area contributed by atoms with Crippen molar-refractivity contribution in [2.24, 2.45) is 11.7 Å². The van der Waals surface area contributed by atoms with Crippen LogP contribution in [-0.4, -0.2) is 11.8 Å². The van der Waals surface area contributed by atoms with Gasteiger partial charge in [-0.25, -0.2) is 0 Å². The minimum Gasteiger partial charge on any atom is -0.365 e. The predicted octanol–water partition coefficient (Wildman–Crippen LogP) is 1.20. The van der Waals surface area contributed by atoms with E-state index in [0.29, 0.717) is 5.57 Å². The molecular formula is C12H12N4O. The number of nitriles is 2. The van der Waals surface area contributed by atoms with E-state index in [9.17, 15) is 4.79 Å². The quantitative estimate of drug-likeness (QED) is 0.326. The largest absolute Gasteiger partial charge is 0.365 e. The van der Waals surface area contributed by atoms with Crippen LogP contribution in [-0.2, 0) is 4.79 Å². The van der Waals surface area contributed by atoms with Crippen molar-refractivity contribution in [3.05, 3.63) is 28.9 Å². The van der Waals surface area contributed by atoms with Gasteiger partial charge in [-0.15, -0.1) is 0 Å². The average molecular weight is 228 g/mol. The van der Waals surface area contributed by atoms with E-state index >= 15 is 0 Å². The van der Waals surface area contributed by atoms with E-state index in [2.05, 4.69) is 0 Å². The van der Waals surface area contributed by atoms with Gasteiger partial charge < -0.3 is 5.73 Å². The Balaban J connectivity index is 5.55. The van der Waals surface area contributed by atoms with Crippen molar-refractivity contribution < 1.29 is 4.79 Å². The summed E-state index contributed by atoms with van der Waals surface area (Å²) in [5, 5.41) is 24.4. The molecule has 0 radical (unpaired) electrons. The second-order valence-electron chi connectivity index (χ2n) is 3.44. The molecule has 0 aromatic rings. The fraction of sp³-hybridized carbons (Fsp3) is 0.250. The van der Waals surface area contributed by atoms with Crippen LogP contribution < -0.4 is 5.73 Å². The van der Waals surface area contributed by atoms with Gasteiger partial charge in [0.1, 0.15) is 23.3 Å². The van der Waals surface area contributed by atoms with E-state index in [1.165, 1.54) is 12.2 Å². The van der Waals surface area contributed by atoms with Gasteiger partial charge in [0.15, 0.2) is 0 Å². The Labute approximate surface area is 99.7 Å². The maximum absolute atomic E-state index is 10.8. The number of primary amides is 1. The number of nitrogens with zero attached hydrogens (tertiary/aromatic N) is 2. The normalized spacial score (nSPS) is 11.4. The predicted molar refractivity (Wildman–Crippen MR) is 62.7 cm³/mol. The van der Waals surface area contributed by atoms with Crippen LogP contribution in [0.1, 0.15) is 13.8 Å². The Morgan fingerprint density at radius 2 is 1.88 bits per heavy atom. The van der Waals surface area contributed by atoms with Crippen molar-refractivity contribution in [2.45, 2.75) is 13.8 Å². The number of amides is 1. The topological polar surface area (TPSA) is 115 Å². The van der Waals surface area contributed by atoms with E-state index in [-0.39, 0.29) is 17.1 Å². The maximum atomic E-state index is 10.8. The smallest absolute Gasteiger partial charge is 0.259 e. The van der Waals surface area contributed by atoms with Gasteiger partial charge >= 0.3 is 0 Å². The molecule has 1 amide bonds. The van der Waals surface area contributed by atoms with Crippen LogP contribution >= 0.6 is 0 Å². The summed E-state index contributed by atoms with van der Waals surface area (Å²) >= 11 is 0. The summed E-state index contributed by atoms with van der Waals surface area (Å²) in [7, 11) is 0. The fourth-order valence-electron chi connectivity index (χ4n) is 1.08.